The van der Waals surface area contributed by atoms with Gasteiger partial charge in [0.25, 0.3) is 0 Å². The summed E-state index contributed by atoms with van der Waals surface area (Å²) in [7, 11) is 0. The van der Waals surface area contributed by atoms with E-state index in [2.05, 4.69) is 50.1 Å². The monoisotopic (exact) mass is 271 g/mol. The number of rotatable bonds is 6. The molecule has 0 spiro atoms. The minimum Gasteiger partial charge on any atom is -0.396 e. The molecule has 2 rings (SSSR count). The fourth-order valence-electron chi connectivity index (χ4n) is 2.37. The van der Waals surface area contributed by atoms with E-state index < -0.39 is 0 Å². The molecule has 3 nitrogen and oxygen atoms in total. The lowest BCUT2D eigenvalue weighted by Gasteiger charge is -2.06. The van der Waals surface area contributed by atoms with Gasteiger partial charge in [-0.25, -0.2) is 0 Å². The molecule has 1 heterocycles. The summed E-state index contributed by atoms with van der Waals surface area (Å²) in [5, 5.41) is 4.60. The van der Waals surface area contributed by atoms with E-state index in [1.807, 2.05) is 10.9 Å². The molecular weight excluding hydrogens is 246 g/mol. The van der Waals surface area contributed by atoms with Gasteiger partial charge in [-0.15, -0.1) is 0 Å². The molecule has 2 N–H and O–H groups in total. The highest BCUT2D eigenvalue weighted by Crippen LogP contribution is 2.25. The maximum atomic E-state index is 6.08. The van der Waals surface area contributed by atoms with Gasteiger partial charge in [0.2, 0.25) is 0 Å². The van der Waals surface area contributed by atoms with Gasteiger partial charge in [-0.05, 0) is 24.3 Å². The molecule has 0 atom stereocenters. The van der Waals surface area contributed by atoms with Crippen LogP contribution in [0.4, 0.5) is 5.69 Å². The normalized spacial score (nSPS) is 11.2. The molecule has 3 heteroatoms. The minimum absolute atomic E-state index is 0.680. The van der Waals surface area contributed by atoms with Crippen molar-refractivity contribution in [3.05, 3.63) is 36.0 Å². The minimum atomic E-state index is 0.680. The highest BCUT2D eigenvalue weighted by molar-refractivity contribution is 5.72. The van der Waals surface area contributed by atoms with E-state index in [-0.39, 0.29) is 0 Å². The third kappa shape index (κ3) is 3.62. The van der Waals surface area contributed by atoms with Crippen LogP contribution in [0, 0.1) is 5.92 Å². The standard InChI is InChI=1S/C17H25N3/c1-4-5-10-20-12-16(18)17(19-20)15-8-6-14(7-9-15)11-13(2)3/h6-9,12-13H,4-5,10-11,18H2,1-3H3. The number of hydrogen-bond acceptors (Lipinski definition) is 2. The Labute approximate surface area is 121 Å². The molecule has 1 aromatic heterocycles. The smallest absolute Gasteiger partial charge is 0.115 e. The first kappa shape index (κ1) is 14.6. The Hall–Kier alpha value is -1.77. The first-order chi connectivity index (χ1) is 9.60. The molecule has 0 radical (unpaired) electrons. The Balaban J connectivity index is 2.16. The molecule has 0 aliphatic rings. The number of aryl methyl sites for hydroxylation is 1. The van der Waals surface area contributed by atoms with Crippen LogP contribution in [0.15, 0.2) is 30.5 Å². The molecule has 0 bridgehead atoms. The molecule has 0 saturated carbocycles. The quantitative estimate of drug-likeness (QED) is 0.858. The van der Waals surface area contributed by atoms with E-state index in [0.717, 1.165) is 36.3 Å². The van der Waals surface area contributed by atoms with Crippen LogP contribution in [0.1, 0.15) is 39.2 Å². The van der Waals surface area contributed by atoms with E-state index in [1.165, 1.54) is 12.0 Å². The van der Waals surface area contributed by atoms with Gasteiger partial charge in [-0.3, -0.25) is 4.68 Å². The second-order valence-electron chi connectivity index (χ2n) is 5.84. The Bertz CT molecular complexity index is 538. The molecule has 20 heavy (non-hydrogen) atoms. The SMILES string of the molecule is CCCCn1cc(N)c(-c2ccc(CC(C)C)cc2)n1. The molecule has 0 amide bonds. The molecule has 0 fully saturated rings. The van der Waals surface area contributed by atoms with Crippen molar-refractivity contribution in [3.63, 3.8) is 0 Å². The number of benzene rings is 1. The average Bonchev–Trinajstić information content (AvgIpc) is 2.78. The third-order valence-corrected chi connectivity index (χ3v) is 3.40. The van der Waals surface area contributed by atoms with E-state index in [9.17, 15) is 0 Å². The topological polar surface area (TPSA) is 43.8 Å². The van der Waals surface area contributed by atoms with Crippen molar-refractivity contribution in [1.82, 2.24) is 9.78 Å². The van der Waals surface area contributed by atoms with Gasteiger partial charge in [-0.1, -0.05) is 51.5 Å². The summed E-state index contributed by atoms with van der Waals surface area (Å²) in [6, 6.07) is 8.61. The number of hydrogen-bond donors (Lipinski definition) is 1. The Morgan fingerprint density at radius 1 is 1.20 bits per heavy atom. The molecule has 2 aromatic rings. The van der Waals surface area contributed by atoms with Gasteiger partial charge in [0.15, 0.2) is 0 Å². The summed E-state index contributed by atoms with van der Waals surface area (Å²) >= 11 is 0. The lowest BCUT2D eigenvalue weighted by atomic mass is 10.0. The van der Waals surface area contributed by atoms with Crippen molar-refractivity contribution in [2.45, 2.75) is 46.6 Å². The maximum absolute atomic E-state index is 6.08. The summed E-state index contributed by atoms with van der Waals surface area (Å²) in [5.41, 5.74) is 10.2. The molecule has 0 aliphatic heterocycles. The van der Waals surface area contributed by atoms with Crippen LogP contribution in [0.2, 0.25) is 0 Å². The van der Waals surface area contributed by atoms with Gasteiger partial charge in [0.1, 0.15) is 5.69 Å². The van der Waals surface area contributed by atoms with Gasteiger partial charge in [-0.2, -0.15) is 5.10 Å². The number of nitrogen functional groups attached to an aromatic ring is 1. The Kier molecular flexibility index (Phi) is 4.83. The zero-order chi connectivity index (χ0) is 14.5. The summed E-state index contributed by atoms with van der Waals surface area (Å²) in [4.78, 5) is 0. The predicted octanol–water partition coefficient (Wildman–Crippen LogP) is 4.13. The van der Waals surface area contributed by atoms with Crippen LogP contribution in [-0.2, 0) is 13.0 Å². The van der Waals surface area contributed by atoms with Crippen LogP contribution in [0.3, 0.4) is 0 Å². The largest absolute Gasteiger partial charge is 0.396 e. The first-order valence-corrected chi connectivity index (χ1v) is 7.52. The van der Waals surface area contributed by atoms with Gasteiger partial charge < -0.3 is 5.73 Å². The first-order valence-electron chi connectivity index (χ1n) is 7.52. The number of unbranched alkanes of at least 4 members (excludes halogenated alkanes) is 1. The lowest BCUT2D eigenvalue weighted by molar-refractivity contribution is 0.573. The van der Waals surface area contributed by atoms with Crippen molar-refractivity contribution < 1.29 is 0 Å². The molecule has 0 aliphatic carbocycles. The molecule has 0 saturated heterocycles. The van der Waals surface area contributed by atoms with E-state index >= 15 is 0 Å². The van der Waals surface area contributed by atoms with E-state index in [0.29, 0.717) is 5.92 Å². The van der Waals surface area contributed by atoms with E-state index in [4.69, 9.17) is 5.73 Å². The summed E-state index contributed by atoms with van der Waals surface area (Å²) in [6.45, 7) is 7.59. The van der Waals surface area contributed by atoms with Crippen molar-refractivity contribution in [1.29, 1.82) is 0 Å². The average molecular weight is 271 g/mol. The zero-order valence-electron chi connectivity index (χ0n) is 12.8. The van der Waals surface area contributed by atoms with Crippen molar-refractivity contribution >= 4 is 5.69 Å². The zero-order valence-corrected chi connectivity index (χ0v) is 12.8. The Morgan fingerprint density at radius 2 is 1.90 bits per heavy atom. The number of nitrogens with two attached hydrogens (primary N) is 1. The summed E-state index contributed by atoms with van der Waals surface area (Å²) in [5.74, 6) is 0.680. The second kappa shape index (κ2) is 6.60. The van der Waals surface area contributed by atoms with Crippen LogP contribution in [0.5, 0.6) is 0 Å². The van der Waals surface area contributed by atoms with Crippen molar-refractivity contribution in [2.75, 3.05) is 5.73 Å². The maximum Gasteiger partial charge on any atom is 0.115 e. The molecule has 108 valence electrons. The number of nitrogens with zero attached hydrogens (tertiary/aromatic N) is 2. The van der Waals surface area contributed by atoms with Gasteiger partial charge in [0, 0.05) is 18.3 Å². The molecule has 1 aromatic carbocycles. The fraction of sp³-hybridized carbons (Fsp3) is 0.471. The highest BCUT2D eigenvalue weighted by Gasteiger charge is 2.08. The second-order valence-corrected chi connectivity index (χ2v) is 5.84. The van der Waals surface area contributed by atoms with Crippen molar-refractivity contribution in [2.24, 2.45) is 5.92 Å². The predicted molar refractivity (Wildman–Crippen MR) is 85.5 cm³/mol. The van der Waals surface area contributed by atoms with Crippen LogP contribution >= 0.6 is 0 Å². The summed E-state index contributed by atoms with van der Waals surface area (Å²) < 4.78 is 1.95. The lowest BCUT2D eigenvalue weighted by Crippen LogP contribution is -1.98. The van der Waals surface area contributed by atoms with Gasteiger partial charge in [0.05, 0.1) is 5.69 Å². The molecular formula is C17H25N3. The van der Waals surface area contributed by atoms with Crippen LogP contribution in [-0.4, -0.2) is 9.78 Å². The molecule has 0 unspecified atom stereocenters. The number of aromatic nitrogens is 2. The van der Waals surface area contributed by atoms with Crippen molar-refractivity contribution in [3.8, 4) is 11.3 Å². The number of anilines is 1. The fourth-order valence-corrected chi connectivity index (χ4v) is 2.37. The highest BCUT2D eigenvalue weighted by atomic mass is 15.3. The Morgan fingerprint density at radius 3 is 2.50 bits per heavy atom. The van der Waals surface area contributed by atoms with Crippen LogP contribution in [0.25, 0.3) is 11.3 Å². The third-order valence-electron chi connectivity index (χ3n) is 3.40. The van der Waals surface area contributed by atoms with E-state index in [1.54, 1.807) is 0 Å². The van der Waals surface area contributed by atoms with Crippen LogP contribution < -0.4 is 5.73 Å². The van der Waals surface area contributed by atoms with Gasteiger partial charge >= 0.3 is 0 Å². The summed E-state index contributed by atoms with van der Waals surface area (Å²) in [6.07, 6.45) is 5.35.